The Bertz CT molecular complexity index is 998. The third kappa shape index (κ3) is 3.59. The molecule has 0 radical (unpaired) electrons. The first-order chi connectivity index (χ1) is 13.6. The molecule has 0 saturated heterocycles. The van der Waals surface area contributed by atoms with E-state index in [2.05, 4.69) is 31.2 Å². The molecule has 1 aromatic heterocycles. The van der Waals surface area contributed by atoms with E-state index in [1.165, 1.54) is 4.90 Å². The highest BCUT2D eigenvalue weighted by Gasteiger charge is 2.61. The number of nitrogens with zero attached hydrogens (tertiary/aromatic N) is 3. The van der Waals surface area contributed by atoms with Crippen molar-refractivity contribution in [3.63, 3.8) is 0 Å². The summed E-state index contributed by atoms with van der Waals surface area (Å²) >= 11 is 3.32. The molecule has 29 heavy (non-hydrogen) atoms. The van der Waals surface area contributed by atoms with Gasteiger partial charge < -0.3 is 4.90 Å². The number of nitrogens with one attached hydrogen (secondary N) is 1. The molecule has 2 aliphatic rings. The van der Waals surface area contributed by atoms with E-state index in [0.29, 0.717) is 23.5 Å². The highest BCUT2D eigenvalue weighted by molar-refractivity contribution is 9.10. The van der Waals surface area contributed by atoms with Gasteiger partial charge in [-0.05, 0) is 30.2 Å². The standard InChI is InChI=1S/C18H13BrF4N4O2/c19-10-1-2-11-12(3-10)17(4-13(17)20)8-27(15(11)29)7-14(28)26-16-24-5-9(6-25-16)18(21,22)23/h1-3,5-6,13H,4,7-8H2,(H,24,25,26,28)/t13-,17-/m0/s1. The highest BCUT2D eigenvalue weighted by Crippen LogP contribution is 2.54. The Balaban J connectivity index is 1.49. The van der Waals surface area contributed by atoms with Gasteiger partial charge in [-0.2, -0.15) is 13.2 Å². The molecular weight excluding hydrogens is 460 g/mol. The Kier molecular flexibility index (Phi) is 4.60. The first-order valence-electron chi connectivity index (χ1n) is 8.53. The summed E-state index contributed by atoms with van der Waals surface area (Å²) in [5, 5.41) is 2.26. The smallest absolute Gasteiger partial charge is 0.328 e. The van der Waals surface area contributed by atoms with Crippen molar-refractivity contribution in [1.82, 2.24) is 14.9 Å². The zero-order chi connectivity index (χ0) is 21.0. The van der Waals surface area contributed by atoms with Gasteiger partial charge in [0.25, 0.3) is 5.91 Å². The summed E-state index contributed by atoms with van der Waals surface area (Å²) in [6.45, 7) is -0.356. The van der Waals surface area contributed by atoms with Crippen LogP contribution in [0.5, 0.6) is 0 Å². The third-order valence-electron chi connectivity index (χ3n) is 5.06. The van der Waals surface area contributed by atoms with Crippen LogP contribution in [-0.4, -0.2) is 45.9 Å². The van der Waals surface area contributed by atoms with Crippen LogP contribution in [0.3, 0.4) is 0 Å². The topological polar surface area (TPSA) is 75.2 Å². The monoisotopic (exact) mass is 472 g/mol. The van der Waals surface area contributed by atoms with Crippen LogP contribution in [-0.2, 0) is 16.4 Å². The molecule has 1 aliphatic carbocycles. The Labute approximate surface area is 170 Å². The summed E-state index contributed by atoms with van der Waals surface area (Å²) in [6, 6.07) is 4.97. The largest absolute Gasteiger partial charge is 0.419 e. The van der Waals surface area contributed by atoms with Crippen LogP contribution < -0.4 is 5.32 Å². The van der Waals surface area contributed by atoms with Gasteiger partial charge >= 0.3 is 6.18 Å². The van der Waals surface area contributed by atoms with Crippen molar-refractivity contribution in [1.29, 1.82) is 0 Å². The first-order valence-corrected chi connectivity index (χ1v) is 9.32. The molecule has 2 amide bonds. The summed E-state index contributed by atoms with van der Waals surface area (Å²) < 4.78 is 52.6. The van der Waals surface area contributed by atoms with E-state index >= 15 is 0 Å². The second-order valence-corrected chi connectivity index (χ2v) is 7.94. The summed E-state index contributed by atoms with van der Waals surface area (Å²) in [5.74, 6) is -1.42. The lowest BCUT2D eigenvalue weighted by atomic mass is 9.86. The molecule has 1 N–H and O–H groups in total. The SMILES string of the molecule is O=C(CN1C[C@@]2(C[C@@H]2F)c2cc(Br)ccc2C1=O)Nc1ncc(C(F)(F)F)cn1. The molecule has 1 aromatic carbocycles. The van der Waals surface area contributed by atoms with Crippen molar-refractivity contribution in [2.75, 3.05) is 18.4 Å². The Hall–Kier alpha value is -2.56. The predicted octanol–water partition coefficient (Wildman–Crippen LogP) is 3.33. The Morgan fingerprint density at radius 1 is 1.31 bits per heavy atom. The highest BCUT2D eigenvalue weighted by atomic mass is 79.9. The summed E-state index contributed by atoms with van der Waals surface area (Å²) in [7, 11) is 0. The van der Waals surface area contributed by atoms with Crippen LogP contribution >= 0.6 is 15.9 Å². The van der Waals surface area contributed by atoms with Crippen molar-refractivity contribution in [3.05, 3.63) is 51.8 Å². The van der Waals surface area contributed by atoms with Gasteiger partial charge in [0.1, 0.15) is 12.7 Å². The molecule has 0 bridgehead atoms. The molecule has 2 heterocycles. The summed E-state index contributed by atoms with van der Waals surface area (Å²) in [5.41, 5.74) is -0.933. The van der Waals surface area contributed by atoms with Crippen molar-refractivity contribution < 1.29 is 27.2 Å². The quantitative estimate of drug-likeness (QED) is 0.695. The minimum absolute atomic E-state index is 0.0394. The average molecular weight is 473 g/mol. The second kappa shape index (κ2) is 6.75. The van der Waals surface area contributed by atoms with E-state index in [0.717, 1.165) is 4.47 Å². The Morgan fingerprint density at radius 2 is 1.97 bits per heavy atom. The predicted molar refractivity (Wildman–Crippen MR) is 96.9 cm³/mol. The number of halogens is 5. The van der Waals surface area contributed by atoms with Gasteiger partial charge in [0.2, 0.25) is 11.9 Å². The summed E-state index contributed by atoms with van der Waals surface area (Å²) in [6.07, 6.45) is -4.35. The van der Waals surface area contributed by atoms with Gasteiger partial charge in [-0.1, -0.05) is 15.9 Å². The minimum Gasteiger partial charge on any atom is -0.328 e. The van der Waals surface area contributed by atoms with Gasteiger partial charge in [0, 0.05) is 34.4 Å². The van der Waals surface area contributed by atoms with Gasteiger partial charge in [-0.25, -0.2) is 14.4 Å². The van der Waals surface area contributed by atoms with Crippen LogP contribution in [0.25, 0.3) is 0 Å². The fraction of sp³-hybridized carbons (Fsp3) is 0.333. The minimum atomic E-state index is -4.59. The number of amides is 2. The van der Waals surface area contributed by atoms with E-state index in [-0.39, 0.29) is 18.9 Å². The number of carbonyl (C=O) groups is 2. The third-order valence-corrected chi connectivity index (χ3v) is 5.55. The molecule has 11 heteroatoms. The number of alkyl halides is 4. The number of hydrogen-bond acceptors (Lipinski definition) is 4. The number of aromatic nitrogens is 2. The van der Waals surface area contributed by atoms with E-state index < -0.39 is 41.7 Å². The zero-order valence-electron chi connectivity index (χ0n) is 14.6. The number of benzene rings is 1. The normalized spacial score (nSPS) is 23.1. The Morgan fingerprint density at radius 3 is 2.55 bits per heavy atom. The van der Waals surface area contributed by atoms with Gasteiger partial charge in [-0.3, -0.25) is 14.9 Å². The van der Waals surface area contributed by atoms with Crippen LogP contribution in [0.1, 0.15) is 27.9 Å². The molecule has 1 spiro atoms. The van der Waals surface area contributed by atoms with Crippen molar-refractivity contribution in [2.24, 2.45) is 0 Å². The molecule has 0 unspecified atom stereocenters. The maximum Gasteiger partial charge on any atom is 0.419 e. The van der Waals surface area contributed by atoms with Crippen molar-refractivity contribution in [2.45, 2.75) is 24.2 Å². The molecule has 4 rings (SSSR count). The van der Waals surface area contributed by atoms with E-state index in [1.54, 1.807) is 18.2 Å². The molecule has 1 fully saturated rings. The maximum atomic E-state index is 14.2. The van der Waals surface area contributed by atoms with Gasteiger partial charge in [-0.15, -0.1) is 0 Å². The zero-order valence-corrected chi connectivity index (χ0v) is 16.2. The fourth-order valence-corrected chi connectivity index (χ4v) is 3.85. The first kappa shape index (κ1) is 19.7. The van der Waals surface area contributed by atoms with Crippen LogP contribution in [0.4, 0.5) is 23.5 Å². The number of fused-ring (bicyclic) bond motifs is 2. The van der Waals surface area contributed by atoms with E-state index in [1.807, 2.05) is 0 Å². The van der Waals surface area contributed by atoms with Crippen LogP contribution in [0.2, 0.25) is 0 Å². The molecule has 2 aromatic rings. The van der Waals surface area contributed by atoms with E-state index in [4.69, 9.17) is 0 Å². The second-order valence-electron chi connectivity index (χ2n) is 7.02. The summed E-state index contributed by atoms with van der Waals surface area (Å²) in [4.78, 5) is 33.2. The molecular formula is C18H13BrF4N4O2. The lowest BCUT2D eigenvalue weighted by molar-refractivity contribution is -0.138. The lowest BCUT2D eigenvalue weighted by Crippen LogP contribution is -2.47. The van der Waals surface area contributed by atoms with E-state index in [9.17, 15) is 27.2 Å². The average Bonchev–Trinajstić information content (AvgIpc) is 3.29. The number of hydrogen-bond donors (Lipinski definition) is 1. The van der Waals surface area contributed by atoms with Crippen molar-refractivity contribution >= 4 is 33.7 Å². The number of anilines is 1. The maximum absolute atomic E-state index is 14.2. The van der Waals surface area contributed by atoms with Crippen LogP contribution in [0.15, 0.2) is 35.1 Å². The number of carbonyl (C=O) groups excluding carboxylic acids is 2. The van der Waals surface area contributed by atoms with Crippen LogP contribution in [0, 0.1) is 0 Å². The molecule has 1 saturated carbocycles. The lowest BCUT2D eigenvalue weighted by Gasteiger charge is -2.34. The molecule has 1 aliphatic heterocycles. The van der Waals surface area contributed by atoms with Gasteiger partial charge in [0.15, 0.2) is 0 Å². The fourth-order valence-electron chi connectivity index (χ4n) is 3.49. The number of rotatable bonds is 3. The van der Waals surface area contributed by atoms with Gasteiger partial charge in [0.05, 0.1) is 5.56 Å². The molecule has 2 atom stereocenters. The molecule has 152 valence electrons. The molecule has 6 nitrogen and oxygen atoms in total. The van der Waals surface area contributed by atoms with Crippen molar-refractivity contribution in [3.8, 4) is 0 Å².